The molecular formula is C19H16O4. The van der Waals surface area contributed by atoms with Crippen molar-refractivity contribution in [1.82, 2.24) is 0 Å². The van der Waals surface area contributed by atoms with E-state index in [1.165, 1.54) is 36.4 Å². The summed E-state index contributed by atoms with van der Waals surface area (Å²) in [4.78, 5) is 23.5. The predicted molar refractivity (Wildman–Crippen MR) is 88.9 cm³/mol. The summed E-state index contributed by atoms with van der Waals surface area (Å²) in [5.74, 6) is -0.342. The van der Waals surface area contributed by atoms with Gasteiger partial charge in [0.25, 0.3) is 0 Å². The lowest BCUT2D eigenvalue weighted by Gasteiger charge is -1.95. The summed E-state index contributed by atoms with van der Waals surface area (Å²) in [5, 5.41) is 18.5. The summed E-state index contributed by atoms with van der Waals surface area (Å²) in [7, 11) is 0. The van der Waals surface area contributed by atoms with Gasteiger partial charge in [0.1, 0.15) is 11.5 Å². The maximum absolute atomic E-state index is 11.7. The highest BCUT2D eigenvalue weighted by molar-refractivity contribution is 6.10. The van der Waals surface area contributed by atoms with E-state index >= 15 is 0 Å². The molecule has 2 aromatic carbocycles. The zero-order valence-electron chi connectivity index (χ0n) is 12.3. The molecule has 0 fully saturated rings. The summed E-state index contributed by atoms with van der Waals surface area (Å²) in [6.07, 6.45) is 5.59. The molecule has 2 aromatic rings. The number of carbonyl (C=O) groups excluding carboxylic acids is 2. The Morgan fingerprint density at radius 1 is 0.783 bits per heavy atom. The van der Waals surface area contributed by atoms with Gasteiger partial charge in [-0.3, -0.25) is 9.59 Å². The highest BCUT2D eigenvalue weighted by Crippen LogP contribution is 2.13. The Kier molecular flexibility index (Phi) is 5.47. The van der Waals surface area contributed by atoms with E-state index in [0.29, 0.717) is 5.56 Å². The number of phenolic OH excluding ortho intramolecular Hbond substituents is 2. The van der Waals surface area contributed by atoms with Gasteiger partial charge in [0.15, 0.2) is 11.6 Å². The van der Waals surface area contributed by atoms with Gasteiger partial charge in [0, 0.05) is 0 Å². The average Bonchev–Trinajstić information content (AvgIpc) is 2.52. The van der Waals surface area contributed by atoms with Crippen molar-refractivity contribution in [3.05, 3.63) is 71.8 Å². The van der Waals surface area contributed by atoms with Gasteiger partial charge in [-0.05, 0) is 47.5 Å². The van der Waals surface area contributed by atoms with Gasteiger partial charge in [0.2, 0.25) is 0 Å². The lowest BCUT2D eigenvalue weighted by atomic mass is 10.1. The van der Waals surface area contributed by atoms with E-state index in [4.69, 9.17) is 5.11 Å². The molecule has 0 atom stereocenters. The number of benzene rings is 2. The van der Waals surface area contributed by atoms with Crippen molar-refractivity contribution in [1.29, 1.82) is 0 Å². The first kappa shape index (κ1) is 16.2. The van der Waals surface area contributed by atoms with E-state index < -0.39 is 0 Å². The standard InChI is InChI=1S/C19H16O4/c20-16-8-4-14(5-9-16)6-10-18(22)13-19(23)11-7-15-2-1-3-17(21)12-15/h1-12,20-21H,13H2. The molecule has 0 saturated carbocycles. The first-order chi connectivity index (χ1) is 11.0. The van der Waals surface area contributed by atoms with Crippen LogP contribution in [0.15, 0.2) is 60.7 Å². The molecule has 116 valence electrons. The summed E-state index contributed by atoms with van der Waals surface area (Å²) in [6, 6.07) is 12.9. The van der Waals surface area contributed by atoms with Gasteiger partial charge in [-0.15, -0.1) is 0 Å². The normalized spacial score (nSPS) is 11.1. The number of hydrogen-bond acceptors (Lipinski definition) is 4. The third-order valence-corrected chi connectivity index (χ3v) is 3.04. The number of hydrogen-bond donors (Lipinski definition) is 2. The molecule has 0 aliphatic rings. The topological polar surface area (TPSA) is 74.6 Å². The van der Waals surface area contributed by atoms with Crippen LogP contribution >= 0.6 is 0 Å². The zero-order valence-corrected chi connectivity index (χ0v) is 12.3. The SMILES string of the molecule is O=C(C=Cc1ccc(O)cc1)CC(=O)C=Cc1cccc(O)c1. The van der Waals surface area contributed by atoms with Crippen molar-refractivity contribution in [2.24, 2.45) is 0 Å². The summed E-state index contributed by atoms with van der Waals surface area (Å²) >= 11 is 0. The van der Waals surface area contributed by atoms with Gasteiger partial charge in [-0.2, -0.15) is 0 Å². The van der Waals surface area contributed by atoms with Crippen LogP contribution in [0, 0.1) is 0 Å². The molecule has 0 amide bonds. The van der Waals surface area contributed by atoms with Crippen molar-refractivity contribution in [3.8, 4) is 11.5 Å². The maximum atomic E-state index is 11.7. The van der Waals surface area contributed by atoms with E-state index in [2.05, 4.69) is 0 Å². The number of aromatic hydroxyl groups is 2. The number of allylic oxidation sites excluding steroid dienone is 2. The summed E-state index contributed by atoms with van der Waals surface area (Å²) in [6.45, 7) is 0. The Labute approximate surface area is 134 Å². The molecule has 0 unspecified atom stereocenters. The fourth-order valence-electron chi connectivity index (χ4n) is 1.88. The van der Waals surface area contributed by atoms with Crippen molar-refractivity contribution in [3.63, 3.8) is 0 Å². The van der Waals surface area contributed by atoms with Crippen molar-refractivity contribution >= 4 is 23.7 Å². The molecule has 0 aliphatic carbocycles. The van der Waals surface area contributed by atoms with E-state index in [1.54, 1.807) is 36.4 Å². The molecule has 23 heavy (non-hydrogen) atoms. The summed E-state index contributed by atoms with van der Waals surface area (Å²) < 4.78 is 0. The van der Waals surface area contributed by atoms with Crippen LogP contribution in [-0.4, -0.2) is 21.8 Å². The average molecular weight is 308 g/mol. The second-order valence-electron chi connectivity index (χ2n) is 4.96. The van der Waals surface area contributed by atoms with Crippen LogP contribution in [0.5, 0.6) is 11.5 Å². The molecule has 4 heteroatoms. The Hall–Kier alpha value is -3.14. The third kappa shape index (κ3) is 5.63. The second-order valence-corrected chi connectivity index (χ2v) is 4.96. The van der Waals surface area contributed by atoms with Crippen molar-refractivity contribution in [2.45, 2.75) is 6.42 Å². The van der Waals surface area contributed by atoms with Crippen LogP contribution < -0.4 is 0 Å². The minimum atomic E-state index is -0.311. The molecule has 0 aromatic heterocycles. The molecule has 2 N–H and O–H groups in total. The molecular weight excluding hydrogens is 292 g/mol. The molecule has 0 aliphatic heterocycles. The molecule has 0 radical (unpaired) electrons. The van der Waals surface area contributed by atoms with Crippen LogP contribution in [-0.2, 0) is 9.59 Å². The first-order valence-electron chi connectivity index (χ1n) is 7.03. The number of ketones is 2. The molecule has 0 saturated heterocycles. The first-order valence-corrected chi connectivity index (χ1v) is 7.03. The van der Waals surface area contributed by atoms with Gasteiger partial charge in [0.05, 0.1) is 6.42 Å². The van der Waals surface area contributed by atoms with Gasteiger partial charge in [-0.1, -0.05) is 36.4 Å². The number of rotatable bonds is 6. The Morgan fingerprint density at radius 3 is 2.00 bits per heavy atom. The van der Waals surface area contributed by atoms with Crippen molar-refractivity contribution in [2.75, 3.05) is 0 Å². The predicted octanol–water partition coefficient (Wildman–Crippen LogP) is 3.35. The smallest absolute Gasteiger partial charge is 0.163 e. The van der Waals surface area contributed by atoms with E-state index in [-0.39, 0.29) is 29.5 Å². The lowest BCUT2D eigenvalue weighted by molar-refractivity contribution is -0.121. The fraction of sp³-hybridized carbons (Fsp3) is 0.0526. The Bertz CT molecular complexity index is 755. The minimum absolute atomic E-state index is 0.118. The van der Waals surface area contributed by atoms with Crippen LogP contribution in [0.3, 0.4) is 0 Å². The van der Waals surface area contributed by atoms with Crippen LogP contribution in [0.4, 0.5) is 0 Å². The Morgan fingerprint density at radius 2 is 1.39 bits per heavy atom. The number of carbonyl (C=O) groups is 2. The van der Waals surface area contributed by atoms with Crippen LogP contribution in [0.2, 0.25) is 0 Å². The third-order valence-electron chi connectivity index (χ3n) is 3.04. The fourth-order valence-corrected chi connectivity index (χ4v) is 1.88. The molecule has 0 bridgehead atoms. The number of phenols is 2. The quantitative estimate of drug-likeness (QED) is 0.634. The highest BCUT2D eigenvalue weighted by atomic mass is 16.3. The highest BCUT2D eigenvalue weighted by Gasteiger charge is 2.03. The van der Waals surface area contributed by atoms with Gasteiger partial charge >= 0.3 is 0 Å². The molecule has 0 heterocycles. The van der Waals surface area contributed by atoms with Crippen LogP contribution in [0.1, 0.15) is 17.5 Å². The van der Waals surface area contributed by atoms with Crippen molar-refractivity contribution < 1.29 is 19.8 Å². The summed E-state index contributed by atoms with van der Waals surface area (Å²) in [5.41, 5.74) is 1.45. The monoisotopic (exact) mass is 308 g/mol. The maximum Gasteiger partial charge on any atom is 0.163 e. The van der Waals surface area contributed by atoms with Gasteiger partial charge in [-0.25, -0.2) is 0 Å². The van der Waals surface area contributed by atoms with Gasteiger partial charge < -0.3 is 10.2 Å². The van der Waals surface area contributed by atoms with E-state index in [9.17, 15) is 14.7 Å². The second kappa shape index (κ2) is 7.75. The lowest BCUT2D eigenvalue weighted by Crippen LogP contribution is -2.01. The van der Waals surface area contributed by atoms with E-state index in [1.807, 2.05) is 0 Å². The largest absolute Gasteiger partial charge is 0.508 e. The van der Waals surface area contributed by atoms with Crippen LogP contribution in [0.25, 0.3) is 12.2 Å². The van der Waals surface area contributed by atoms with E-state index in [0.717, 1.165) is 5.56 Å². The molecule has 4 nitrogen and oxygen atoms in total. The Balaban J connectivity index is 1.89. The molecule has 2 rings (SSSR count). The molecule has 0 spiro atoms. The zero-order chi connectivity index (χ0) is 16.7. The minimum Gasteiger partial charge on any atom is -0.508 e.